The van der Waals surface area contributed by atoms with Gasteiger partial charge in [-0.25, -0.2) is 4.98 Å². The Bertz CT molecular complexity index is 972. The molecule has 0 saturated heterocycles. The summed E-state index contributed by atoms with van der Waals surface area (Å²) in [6, 6.07) is 17.1. The van der Waals surface area contributed by atoms with Crippen molar-refractivity contribution in [3.05, 3.63) is 58.6 Å². The van der Waals surface area contributed by atoms with Crippen LogP contribution < -0.4 is 5.32 Å². The van der Waals surface area contributed by atoms with Crippen molar-refractivity contribution in [3.63, 3.8) is 0 Å². The molecule has 0 bridgehead atoms. The topological polar surface area (TPSA) is 70.7 Å². The lowest BCUT2D eigenvalue weighted by Crippen LogP contribution is -2.37. The minimum atomic E-state index is -0.811. The first-order chi connectivity index (χ1) is 11.2. The molecule has 0 fully saturated rings. The maximum absolute atomic E-state index is 12.3. The third-order valence-corrected chi connectivity index (χ3v) is 4.53. The average Bonchev–Trinajstić information content (AvgIpc) is 2.91. The monoisotopic (exact) mass is 366 g/mol. The quantitative estimate of drug-likeness (QED) is 0.716. The summed E-state index contributed by atoms with van der Waals surface area (Å²) in [4.78, 5) is 16.8. The first-order valence-corrected chi connectivity index (χ1v) is 7.91. The Hall–Kier alpha value is -2.65. The molecule has 1 amide bonds. The van der Waals surface area contributed by atoms with Crippen LogP contribution in [0.4, 0.5) is 5.95 Å². The fourth-order valence-corrected chi connectivity index (χ4v) is 3.47. The zero-order valence-electron chi connectivity index (χ0n) is 11.9. The Labute approximate surface area is 140 Å². The van der Waals surface area contributed by atoms with Gasteiger partial charge >= 0.3 is 0 Å². The maximum Gasteiger partial charge on any atom is 0.246 e. The van der Waals surface area contributed by atoms with Gasteiger partial charge in [0, 0.05) is 4.47 Å². The van der Waals surface area contributed by atoms with E-state index in [0.717, 1.165) is 21.1 Å². The predicted molar refractivity (Wildman–Crippen MR) is 89.7 cm³/mol. The molecule has 0 unspecified atom stereocenters. The molecule has 1 aliphatic heterocycles. The van der Waals surface area contributed by atoms with Crippen molar-refractivity contribution in [3.8, 4) is 6.07 Å². The molecule has 0 saturated carbocycles. The molecular formula is C17H11BrN4O. The smallest absolute Gasteiger partial charge is 0.246 e. The molecule has 1 N–H and O–H groups in total. The molecule has 2 heterocycles. The van der Waals surface area contributed by atoms with Crippen LogP contribution in [0.25, 0.3) is 11.0 Å². The van der Waals surface area contributed by atoms with Crippen LogP contribution >= 0.6 is 15.9 Å². The number of para-hydroxylation sites is 2. The van der Waals surface area contributed by atoms with Crippen molar-refractivity contribution < 1.29 is 4.79 Å². The van der Waals surface area contributed by atoms with Gasteiger partial charge in [0.2, 0.25) is 11.9 Å². The van der Waals surface area contributed by atoms with Gasteiger partial charge in [-0.1, -0.05) is 40.2 Å². The number of benzene rings is 2. The molecule has 2 atom stereocenters. The summed E-state index contributed by atoms with van der Waals surface area (Å²) in [5, 5.41) is 12.3. The van der Waals surface area contributed by atoms with Crippen molar-refractivity contribution in [1.29, 1.82) is 5.26 Å². The zero-order chi connectivity index (χ0) is 16.0. The second-order valence-electron chi connectivity index (χ2n) is 5.39. The van der Waals surface area contributed by atoms with Crippen LogP contribution in [0.15, 0.2) is 53.0 Å². The Morgan fingerprint density at radius 1 is 1.22 bits per heavy atom. The van der Waals surface area contributed by atoms with Crippen LogP contribution in [0.3, 0.4) is 0 Å². The Morgan fingerprint density at radius 2 is 2.04 bits per heavy atom. The number of halogens is 1. The largest absolute Gasteiger partial charge is 0.300 e. The average molecular weight is 367 g/mol. The fourth-order valence-electron chi connectivity index (χ4n) is 3.06. The maximum atomic E-state index is 12.3. The van der Waals surface area contributed by atoms with E-state index in [1.54, 1.807) is 0 Å². The van der Waals surface area contributed by atoms with Gasteiger partial charge in [0.05, 0.1) is 23.1 Å². The first kappa shape index (κ1) is 14.0. The van der Waals surface area contributed by atoms with E-state index in [1.807, 2.05) is 53.1 Å². The number of hydrogen-bond donors (Lipinski definition) is 1. The van der Waals surface area contributed by atoms with E-state index in [-0.39, 0.29) is 5.91 Å². The second-order valence-corrected chi connectivity index (χ2v) is 6.31. The van der Waals surface area contributed by atoms with Gasteiger partial charge in [-0.3, -0.25) is 10.1 Å². The molecular weight excluding hydrogens is 356 g/mol. The highest BCUT2D eigenvalue weighted by molar-refractivity contribution is 9.10. The van der Waals surface area contributed by atoms with E-state index >= 15 is 0 Å². The lowest BCUT2D eigenvalue weighted by molar-refractivity contribution is -0.119. The minimum Gasteiger partial charge on any atom is -0.300 e. The predicted octanol–water partition coefficient (Wildman–Crippen LogP) is 3.48. The van der Waals surface area contributed by atoms with Crippen LogP contribution in [-0.2, 0) is 4.79 Å². The highest BCUT2D eigenvalue weighted by Gasteiger charge is 2.38. The number of aromatic nitrogens is 2. The fraction of sp³-hybridized carbons (Fsp3) is 0.118. The second kappa shape index (κ2) is 5.21. The van der Waals surface area contributed by atoms with Gasteiger partial charge < -0.3 is 4.57 Å². The van der Waals surface area contributed by atoms with Gasteiger partial charge in [0.15, 0.2) is 5.92 Å². The normalized spacial score (nSPS) is 19.9. The zero-order valence-corrected chi connectivity index (χ0v) is 13.5. The van der Waals surface area contributed by atoms with E-state index in [2.05, 4.69) is 32.3 Å². The van der Waals surface area contributed by atoms with Crippen molar-refractivity contribution in [2.45, 2.75) is 6.04 Å². The van der Waals surface area contributed by atoms with E-state index in [1.165, 1.54) is 0 Å². The molecule has 0 radical (unpaired) electrons. The number of rotatable bonds is 1. The summed E-state index contributed by atoms with van der Waals surface area (Å²) in [6.45, 7) is 0. The number of nitrogens with zero attached hydrogens (tertiary/aromatic N) is 3. The number of nitrogens with one attached hydrogen (secondary N) is 1. The molecule has 5 nitrogen and oxygen atoms in total. The summed E-state index contributed by atoms with van der Waals surface area (Å²) < 4.78 is 2.84. The molecule has 1 aromatic heterocycles. The number of anilines is 1. The number of hydrogen-bond acceptors (Lipinski definition) is 3. The van der Waals surface area contributed by atoms with E-state index in [4.69, 9.17) is 0 Å². The van der Waals surface area contributed by atoms with E-state index in [0.29, 0.717) is 5.95 Å². The molecule has 23 heavy (non-hydrogen) atoms. The van der Waals surface area contributed by atoms with Gasteiger partial charge in [-0.15, -0.1) is 0 Å². The molecule has 0 spiro atoms. The van der Waals surface area contributed by atoms with Crippen molar-refractivity contribution in [1.82, 2.24) is 9.55 Å². The Balaban J connectivity index is 2.02. The summed E-state index contributed by atoms with van der Waals surface area (Å²) in [7, 11) is 0. The van der Waals surface area contributed by atoms with Gasteiger partial charge in [0.1, 0.15) is 0 Å². The van der Waals surface area contributed by atoms with E-state index in [9.17, 15) is 10.1 Å². The first-order valence-electron chi connectivity index (χ1n) is 7.12. The molecule has 3 aromatic rings. The van der Waals surface area contributed by atoms with Crippen molar-refractivity contribution in [2.75, 3.05) is 5.32 Å². The number of nitriles is 1. The Kier molecular flexibility index (Phi) is 3.17. The molecule has 0 aliphatic carbocycles. The number of imidazole rings is 1. The van der Waals surface area contributed by atoms with Gasteiger partial charge in [-0.2, -0.15) is 5.26 Å². The lowest BCUT2D eigenvalue weighted by atomic mass is 9.91. The molecule has 2 aromatic carbocycles. The number of carbonyl (C=O) groups excluding carboxylic acids is 1. The summed E-state index contributed by atoms with van der Waals surface area (Å²) in [5.74, 6) is -0.651. The third-order valence-electron chi connectivity index (χ3n) is 4.04. The molecule has 4 rings (SSSR count). The molecule has 112 valence electrons. The van der Waals surface area contributed by atoms with Crippen LogP contribution in [0, 0.1) is 17.2 Å². The van der Waals surface area contributed by atoms with Gasteiger partial charge in [0.25, 0.3) is 0 Å². The summed E-state index contributed by atoms with van der Waals surface area (Å²) >= 11 is 3.46. The van der Waals surface area contributed by atoms with Crippen LogP contribution in [-0.4, -0.2) is 15.5 Å². The van der Waals surface area contributed by atoms with Crippen molar-refractivity contribution >= 4 is 38.8 Å². The summed E-state index contributed by atoms with van der Waals surface area (Å²) in [6.07, 6.45) is 0. The summed E-state index contributed by atoms with van der Waals surface area (Å²) in [5.41, 5.74) is 2.58. The van der Waals surface area contributed by atoms with Crippen LogP contribution in [0.2, 0.25) is 0 Å². The van der Waals surface area contributed by atoms with Crippen LogP contribution in [0.5, 0.6) is 0 Å². The van der Waals surface area contributed by atoms with Crippen LogP contribution in [0.1, 0.15) is 11.6 Å². The van der Waals surface area contributed by atoms with Crippen molar-refractivity contribution in [2.24, 2.45) is 5.92 Å². The highest BCUT2D eigenvalue weighted by Crippen LogP contribution is 2.38. The molecule has 6 heteroatoms. The molecule has 1 aliphatic rings. The van der Waals surface area contributed by atoms with E-state index < -0.39 is 12.0 Å². The SMILES string of the molecule is N#C[C@@H]1C(=O)Nc2nc3ccccc3n2[C@H]1c1cccc(Br)c1. The number of amides is 1. The minimum absolute atomic E-state index is 0.319. The highest BCUT2D eigenvalue weighted by atomic mass is 79.9. The number of carbonyl (C=O) groups is 1. The van der Waals surface area contributed by atoms with Gasteiger partial charge in [-0.05, 0) is 29.8 Å². The third kappa shape index (κ3) is 2.13. The number of fused-ring (bicyclic) bond motifs is 3. The standard InChI is InChI=1S/C17H11BrN4O/c18-11-5-3-4-10(8-11)15-12(9-19)16(23)21-17-20-13-6-1-2-7-14(13)22(15)17/h1-8,12,15H,(H,20,21,23)/t12-,15-/m0/s1. The lowest BCUT2D eigenvalue weighted by Gasteiger charge is -2.30. The Morgan fingerprint density at radius 3 is 2.83 bits per heavy atom.